The van der Waals surface area contributed by atoms with Crippen LogP contribution < -0.4 is 5.32 Å². The highest BCUT2D eigenvalue weighted by molar-refractivity contribution is 5.48. The number of hydrogen-bond acceptors (Lipinski definition) is 3. The zero-order valence-electron chi connectivity index (χ0n) is 9.25. The molecule has 0 atom stereocenters. The summed E-state index contributed by atoms with van der Waals surface area (Å²) < 4.78 is 4.78. The Hall–Kier alpha value is -1.51. The Morgan fingerprint density at radius 2 is 2.20 bits per heavy atom. The molecule has 0 fully saturated rings. The molecule has 1 aromatic carbocycles. The molecule has 1 rings (SSSR count). The fourth-order valence-corrected chi connectivity index (χ4v) is 1.55. The Balaban J connectivity index is 2.87. The van der Waals surface area contributed by atoms with Crippen molar-refractivity contribution in [3.05, 3.63) is 29.3 Å². The zero-order valence-corrected chi connectivity index (χ0v) is 9.25. The zero-order chi connectivity index (χ0) is 11.1. The summed E-state index contributed by atoms with van der Waals surface area (Å²) in [5, 5.41) is 3.10. The van der Waals surface area contributed by atoms with Crippen LogP contribution in [0.5, 0.6) is 0 Å². The van der Waals surface area contributed by atoms with Crippen molar-refractivity contribution >= 4 is 12.2 Å². The largest absolute Gasteiger partial charge is 0.463 e. The van der Waals surface area contributed by atoms with E-state index in [1.54, 1.807) is 0 Å². The van der Waals surface area contributed by atoms with E-state index in [1.807, 2.05) is 19.2 Å². The lowest BCUT2D eigenvalue weighted by Crippen LogP contribution is -1.99. The van der Waals surface area contributed by atoms with Gasteiger partial charge in [0.15, 0.2) is 0 Å². The molecule has 0 radical (unpaired) electrons. The maximum absolute atomic E-state index is 10.1. The van der Waals surface area contributed by atoms with Crippen LogP contribution in [0.1, 0.15) is 24.5 Å². The average molecular weight is 207 g/mol. The van der Waals surface area contributed by atoms with Crippen LogP contribution in [0.4, 0.5) is 5.69 Å². The fourth-order valence-electron chi connectivity index (χ4n) is 1.55. The third-order valence-electron chi connectivity index (χ3n) is 2.32. The van der Waals surface area contributed by atoms with E-state index < -0.39 is 0 Å². The molecule has 0 aromatic heterocycles. The number of aryl methyl sites for hydroxylation is 1. The summed E-state index contributed by atoms with van der Waals surface area (Å²) >= 11 is 0. The van der Waals surface area contributed by atoms with Crippen molar-refractivity contribution in [2.24, 2.45) is 0 Å². The Labute approximate surface area is 90.4 Å². The first-order valence-corrected chi connectivity index (χ1v) is 5.16. The first-order valence-electron chi connectivity index (χ1n) is 5.16. The van der Waals surface area contributed by atoms with E-state index in [2.05, 4.69) is 18.3 Å². The van der Waals surface area contributed by atoms with Gasteiger partial charge in [-0.2, -0.15) is 0 Å². The van der Waals surface area contributed by atoms with Gasteiger partial charge in [0.2, 0.25) is 0 Å². The molecule has 0 aliphatic rings. The molecule has 0 aliphatic heterocycles. The Bertz CT molecular complexity index is 323. The van der Waals surface area contributed by atoms with Crippen molar-refractivity contribution in [2.75, 3.05) is 12.4 Å². The van der Waals surface area contributed by atoms with Crippen LogP contribution in [-0.2, 0) is 22.6 Å². The molecule has 1 N–H and O–H groups in total. The number of carbonyl (C=O) groups is 1. The van der Waals surface area contributed by atoms with E-state index in [-0.39, 0.29) is 0 Å². The van der Waals surface area contributed by atoms with Gasteiger partial charge in [-0.1, -0.05) is 19.4 Å². The Morgan fingerprint density at radius 1 is 1.40 bits per heavy atom. The first-order chi connectivity index (χ1) is 7.31. The van der Waals surface area contributed by atoms with E-state index in [4.69, 9.17) is 4.74 Å². The summed E-state index contributed by atoms with van der Waals surface area (Å²) in [5.74, 6) is 0. The molecule has 15 heavy (non-hydrogen) atoms. The maximum Gasteiger partial charge on any atom is 0.293 e. The number of carbonyl (C=O) groups excluding carboxylic acids is 1. The number of nitrogens with one attached hydrogen (secondary N) is 1. The van der Waals surface area contributed by atoms with Crippen molar-refractivity contribution in [2.45, 2.75) is 26.4 Å². The van der Waals surface area contributed by atoms with Crippen LogP contribution in [0.3, 0.4) is 0 Å². The first kappa shape index (κ1) is 11.6. The topological polar surface area (TPSA) is 38.3 Å². The van der Waals surface area contributed by atoms with Gasteiger partial charge in [-0.25, -0.2) is 0 Å². The molecule has 0 saturated heterocycles. The molecule has 1 aromatic rings. The van der Waals surface area contributed by atoms with Gasteiger partial charge in [-0.3, -0.25) is 4.79 Å². The summed E-state index contributed by atoms with van der Waals surface area (Å²) in [4.78, 5) is 10.1. The minimum Gasteiger partial charge on any atom is -0.463 e. The lowest BCUT2D eigenvalue weighted by Gasteiger charge is -2.10. The van der Waals surface area contributed by atoms with Crippen LogP contribution in [0.25, 0.3) is 0 Å². The Morgan fingerprint density at radius 3 is 2.80 bits per heavy atom. The standard InChI is InChI=1S/C12H17NO2/c1-3-4-10-7-12(13-2)6-5-11(10)8-15-9-14/h5-7,9,13H,3-4,8H2,1-2H3. The molecule has 0 saturated carbocycles. The monoisotopic (exact) mass is 207 g/mol. The maximum atomic E-state index is 10.1. The minimum atomic E-state index is 0.364. The molecule has 3 heteroatoms. The number of hydrogen-bond donors (Lipinski definition) is 1. The quantitative estimate of drug-likeness (QED) is 0.728. The van der Waals surface area contributed by atoms with Gasteiger partial charge in [-0.15, -0.1) is 0 Å². The second kappa shape index (κ2) is 6.06. The molecular formula is C12H17NO2. The van der Waals surface area contributed by atoms with Gasteiger partial charge < -0.3 is 10.1 Å². The smallest absolute Gasteiger partial charge is 0.293 e. The third kappa shape index (κ3) is 3.27. The number of rotatable bonds is 6. The molecule has 0 spiro atoms. The van der Waals surface area contributed by atoms with Gasteiger partial charge in [0.1, 0.15) is 6.61 Å². The molecule has 0 aliphatic carbocycles. The number of ether oxygens (including phenoxy) is 1. The molecule has 0 unspecified atom stereocenters. The molecule has 0 amide bonds. The number of benzene rings is 1. The fraction of sp³-hybridized carbons (Fsp3) is 0.417. The molecule has 3 nitrogen and oxygen atoms in total. The highest BCUT2D eigenvalue weighted by Gasteiger charge is 2.03. The van der Waals surface area contributed by atoms with Crippen LogP contribution in [0.15, 0.2) is 18.2 Å². The van der Waals surface area contributed by atoms with E-state index in [1.165, 1.54) is 5.56 Å². The lowest BCUT2D eigenvalue weighted by atomic mass is 10.0. The van der Waals surface area contributed by atoms with Gasteiger partial charge in [-0.05, 0) is 29.7 Å². The normalized spacial score (nSPS) is 9.73. The van der Waals surface area contributed by atoms with E-state index in [9.17, 15) is 4.79 Å². The van der Waals surface area contributed by atoms with Crippen LogP contribution in [0.2, 0.25) is 0 Å². The highest BCUT2D eigenvalue weighted by Crippen LogP contribution is 2.18. The van der Waals surface area contributed by atoms with Crippen molar-refractivity contribution in [3.8, 4) is 0 Å². The van der Waals surface area contributed by atoms with Crippen LogP contribution in [-0.4, -0.2) is 13.5 Å². The van der Waals surface area contributed by atoms with Gasteiger partial charge >= 0.3 is 0 Å². The van der Waals surface area contributed by atoms with Gasteiger partial charge in [0.05, 0.1) is 0 Å². The van der Waals surface area contributed by atoms with E-state index >= 15 is 0 Å². The highest BCUT2D eigenvalue weighted by atomic mass is 16.5. The second-order valence-corrected chi connectivity index (χ2v) is 3.39. The van der Waals surface area contributed by atoms with Gasteiger partial charge in [0, 0.05) is 12.7 Å². The predicted molar refractivity (Wildman–Crippen MR) is 60.8 cm³/mol. The minimum absolute atomic E-state index is 0.364. The summed E-state index contributed by atoms with van der Waals surface area (Å²) in [6.45, 7) is 2.99. The van der Waals surface area contributed by atoms with Crippen molar-refractivity contribution < 1.29 is 9.53 Å². The van der Waals surface area contributed by atoms with Gasteiger partial charge in [0.25, 0.3) is 6.47 Å². The average Bonchev–Trinajstić information content (AvgIpc) is 2.27. The van der Waals surface area contributed by atoms with Crippen LogP contribution in [0, 0.1) is 0 Å². The van der Waals surface area contributed by atoms with Crippen molar-refractivity contribution in [3.63, 3.8) is 0 Å². The lowest BCUT2D eigenvalue weighted by molar-refractivity contribution is -0.129. The SMILES string of the molecule is CCCc1cc(NC)ccc1COC=O. The van der Waals surface area contributed by atoms with E-state index in [0.717, 1.165) is 24.1 Å². The third-order valence-corrected chi connectivity index (χ3v) is 2.32. The van der Waals surface area contributed by atoms with Crippen LogP contribution >= 0.6 is 0 Å². The molecular weight excluding hydrogens is 190 g/mol. The van der Waals surface area contributed by atoms with Crippen molar-refractivity contribution in [1.29, 1.82) is 0 Å². The summed E-state index contributed by atoms with van der Waals surface area (Å²) in [7, 11) is 1.90. The molecule has 82 valence electrons. The number of anilines is 1. The second-order valence-electron chi connectivity index (χ2n) is 3.39. The predicted octanol–water partition coefficient (Wildman–Crippen LogP) is 2.35. The molecule has 0 bridgehead atoms. The summed E-state index contributed by atoms with van der Waals surface area (Å²) in [5.41, 5.74) is 3.42. The Kier molecular flexibility index (Phi) is 4.68. The summed E-state index contributed by atoms with van der Waals surface area (Å²) in [6, 6.07) is 6.09. The summed E-state index contributed by atoms with van der Waals surface area (Å²) in [6.07, 6.45) is 2.09. The van der Waals surface area contributed by atoms with E-state index in [0.29, 0.717) is 13.1 Å². The molecule has 0 heterocycles. The van der Waals surface area contributed by atoms with Crippen molar-refractivity contribution in [1.82, 2.24) is 0 Å².